The Morgan fingerprint density at radius 3 is 3.06 bits per heavy atom. The van der Waals surface area contributed by atoms with Crippen molar-refractivity contribution in [3.8, 4) is 0 Å². The first-order valence-corrected chi connectivity index (χ1v) is 5.93. The highest BCUT2D eigenvalue weighted by molar-refractivity contribution is 5.80. The number of fused-ring (bicyclic) bond motifs is 1. The van der Waals surface area contributed by atoms with Crippen molar-refractivity contribution in [1.29, 1.82) is 0 Å². The number of hydrogen-bond acceptors (Lipinski definition) is 3. The fraction of sp³-hybridized carbons (Fsp3) is 0.462. The lowest BCUT2D eigenvalue weighted by atomic mass is 10.1. The maximum Gasteiger partial charge on any atom is 0.142 e. The first-order chi connectivity index (χ1) is 8.26. The minimum Gasteiger partial charge on any atom is -0.364 e. The Labute approximate surface area is 101 Å². The largest absolute Gasteiger partial charge is 0.364 e. The Hall–Kier alpha value is -1.39. The fourth-order valence-electron chi connectivity index (χ4n) is 2.02. The summed E-state index contributed by atoms with van der Waals surface area (Å²) < 4.78 is 7.19. The molecule has 17 heavy (non-hydrogen) atoms. The van der Waals surface area contributed by atoms with Crippen LogP contribution in [0.2, 0.25) is 0 Å². The van der Waals surface area contributed by atoms with Crippen LogP contribution in [-0.4, -0.2) is 22.7 Å². The zero-order chi connectivity index (χ0) is 12.3. The summed E-state index contributed by atoms with van der Waals surface area (Å²) in [6, 6.07) is 4.25. The molecule has 2 heterocycles. The maximum atomic E-state index is 6.02. The number of pyridine rings is 1. The first-order valence-electron chi connectivity index (χ1n) is 5.93. The normalized spacial score (nSPS) is 13.1. The molecule has 2 N–H and O–H groups in total. The standard InChI is InChI=1S/C13H19N3O/c1-3-11(14)7-10-8-16(9-17-2)13-12(10)5-4-6-15-13/h4-6,8,11H,3,7,9,14H2,1-2H3. The minimum atomic E-state index is 0.205. The third kappa shape index (κ3) is 2.48. The van der Waals surface area contributed by atoms with Gasteiger partial charge in [-0.05, 0) is 30.5 Å². The van der Waals surface area contributed by atoms with E-state index in [1.807, 2.05) is 10.6 Å². The van der Waals surface area contributed by atoms with Crippen molar-refractivity contribution in [3.63, 3.8) is 0 Å². The van der Waals surface area contributed by atoms with Crippen molar-refractivity contribution in [2.45, 2.75) is 32.5 Å². The molecule has 0 spiro atoms. The molecule has 0 aliphatic rings. The van der Waals surface area contributed by atoms with Gasteiger partial charge in [-0.3, -0.25) is 0 Å². The number of methoxy groups -OCH3 is 1. The molecule has 2 aromatic heterocycles. The summed E-state index contributed by atoms with van der Waals surface area (Å²) in [5.41, 5.74) is 8.23. The van der Waals surface area contributed by atoms with Crippen molar-refractivity contribution >= 4 is 11.0 Å². The zero-order valence-electron chi connectivity index (χ0n) is 10.4. The molecule has 0 aromatic carbocycles. The summed E-state index contributed by atoms with van der Waals surface area (Å²) in [6.45, 7) is 2.63. The quantitative estimate of drug-likeness (QED) is 0.858. The van der Waals surface area contributed by atoms with Gasteiger partial charge >= 0.3 is 0 Å². The number of hydrogen-bond donors (Lipinski definition) is 1. The van der Waals surface area contributed by atoms with Gasteiger partial charge in [-0.2, -0.15) is 0 Å². The van der Waals surface area contributed by atoms with E-state index in [1.54, 1.807) is 13.3 Å². The number of nitrogens with zero attached hydrogens (tertiary/aromatic N) is 2. The molecule has 92 valence electrons. The highest BCUT2D eigenvalue weighted by Crippen LogP contribution is 2.20. The van der Waals surface area contributed by atoms with Crippen LogP contribution in [0, 0.1) is 0 Å². The van der Waals surface area contributed by atoms with E-state index >= 15 is 0 Å². The van der Waals surface area contributed by atoms with Gasteiger partial charge < -0.3 is 15.0 Å². The van der Waals surface area contributed by atoms with E-state index in [9.17, 15) is 0 Å². The molecule has 0 radical (unpaired) electrons. The third-order valence-corrected chi connectivity index (χ3v) is 2.99. The molecule has 1 atom stereocenters. The molecule has 0 amide bonds. The predicted molar refractivity (Wildman–Crippen MR) is 68.7 cm³/mol. The summed E-state index contributed by atoms with van der Waals surface area (Å²) >= 11 is 0. The zero-order valence-corrected chi connectivity index (χ0v) is 10.4. The number of ether oxygens (including phenoxy) is 1. The second-order valence-electron chi connectivity index (χ2n) is 4.29. The van der Waals surface area contributed by atoms with E-state index in [-0.39, 0.29) is 6.04 Å². The highest BCUT2D eigenvalue weighted by Gasteiger charge is 2.11. The van der Waals surface area contributed by atoms with Gasteiger partial charge in [0.1, 0.15) is 12.4 Å². The molecule has 0 saturated heterocycles. The van der Waals surface area contributed by atoms with Crippen LogP contribution >= 0.6 is 0 Å². The molecule has 0 fully saturated rings. The Bertz CT molecular complexity index is 492. The van der Waals surface area contributed by atoms with Crippen molar-refractivity contribution in [3.05, 3.63) is 30.1 Å². The first kappa shape index (κ1) is 12.1. The lowest BCUT2D eigenvalue weighted by Crippen LogP contribution is -2.21. The van der Waals surface area contributed by atoms with Crippen LogP contribution in [0.15, 0.2) is 24.5 Å². The van der Waals surface area contributed by atoms with Crippen LogP contribution in [-0.2, 0) is 17.9 Å². The third-order valence-electron chi connectivity index (χ3n) is 2.99. The maximum absolute atomic E-state index is 6.02. The molecule has 0 aliphatic carbocycles. The van der Waals surface area contributed by atoms with Gasteiger partial charge in [-0.25, -0.2) is 4.98 Å². The average Bonchev–Trinajstić information content (AvgIpc) is 2.69. The van der Waals surface area contributed by atoms with Crippen molar-refractivity contribution < 1.29 is 4.74 Å². The molecule has 0 bridgehead atoms. The molecule has 0 saturated carbocycles. The van der Waals surface area contributed by atoms with Gasteiger partial charge in [-0.15, -0.1) is 0 Å². The molecule has 2 rings (SSSR count). The fourth-order valence-corrected chi connectivity index (χ4v) is 2.02. The van der Waals surface area contributed by atoms with Crippen LogP contribution in [0.5, 0.6) is 0 Å². The van der Waals surface area contributed by atoms with Crippen LogP contribution in [0.3, 0.4) is 0 Å². The highest BCUT2D eigenvalue weighted by atomic mass is 16.5. The Kier molecular flexibility index (Phi) is 3.76. The minimum absolute atomic E-state index is 0.205. The van der Waals surface area contributed by atoms with Crippen molar-refractivity contribution in [2.24, 2.45) is 5.73 Å². The van der Waals surface area contributed by atoms with Gasteiger partial charge in [0, 0.05) is 30.9 Å². The molecule has 0 aliphatic heterocycles. The van der Waals surface area contributed by atoms with Crippen LogP contribution in [0.1, 0.15) is 18.9 Å². The van der Waals surface area contributed by atoms with E-state index in [4.69, 9.17) is 10.5 Å². The lowest BCUT2D eigenvalue weighted by molar-refractivity contribution is 0.134. The topological polar surface area (TPSA) is 53.1 Å². The molecule has 4 nitrogen and oxygen atoms in total. The predicted octanol–water partition coefficient (Wildman–Crippen LogP) is 1.92. The molecule has 2 aromatic rings. The van der Waals surface area contributed by atoms with E-state index in [1.165, 1.54) is 10.9 Å². The van der Waals surface area contributed by atoms with Crippen molar-refractivity contribution in [1.82, 2.24) is 9.55 Å². The van der Waals surface area contributed by atoms with Crippen molar-refractivity contribution in [2.75, 3.05) is 7.11 Å². The smallest absolute Gasteiger partial charge is 0.142 e. The second kappa shape index (κ2) is 5.29. The van der Waals surface area contributed by atoms with Crippen LogP contribution < -0.4 is 5.73 Å². The van der Waals surface area contributed by atoms with E-state index in [0.29, 0.717) is 6.73 Å². The summed E-state index contributed by atoms with van der Waals surface area (Å²) in [5.74, 6) is 0. The molecule has 1 unspecified atom stereocenters. The second-order valence-corrected chi connectivity index (χ2v) is 4.29. The molecular weight excluding hydrogens is 214 g/mol. The van der Waals surface area contributed by atoms with E-state index < -0.39 is 0 Å². The Balaban J connectivity index is 2.41. The monoisotopic (exact) mass is 233 g/mol. The van der Waals surface area contributed by atoms with Gasteiger partial charge in [-0.1, -0.05) is 6.92 Å². The average molecular weight is 233 g/mol. The molecule has 4 heteroatoms. The van der Waals surface area contributed by atoms with Gasteiger partial charge in [0.2, 0.25) is 0 Å². The summed E-state index contributed by atoms with van der Waals surface area (Å²) in [6.07, 6.45) is 5.77. The number of rotatable bonds is 5. The Morgan fingerprint density at radius 2 is 2.35 bits per heavy atom. The molecular formula is C13H19N3O. The van der Waals surface area contributed by atoms with Crippen LogP contribution in [0.25, 0.3) is 11.0 Å². The Morgan fingerprint density at radius 1 is 1.53 bits per heavy atom. The van der Waals surface area contributed by atoms with E-state index in [2.05, 4.69) is 24.2 Å². The number of aromatic nitrogens is 2. The van der Waals surface area contributed by atoms with Gasteiger partial charge in [0.25, 0.3) is 0 Å². The van der Waals surface area contributed by atoms with Gasteiger partial charge in [0.05, 0.1) is 0 Å². The summed E-state index contributed by atoms with van der Waals surface area (Å²) in [7, 11) is 1.69. The SMILES string of the molecule is CCC(N)Cc1cn(COC)c2ncccc12. The lowest BCUT2D eigenvalue weighted by Gasteiger charge is -2.06. The number of nitrogens with two attached hydrogens (primary N) is 1. The van der Waals surface area contributed by atoms with Crippen LogP contribution in [0.4, 0.5) is 0 Å². The summed E-state index contributed by atoms with van der Waals surface area (Å²) in [5, 5.41) is 1.17. The van der Waals surface area contributed by atoms with Gasteiger partial charge in [0.15, 0.2) is 0 Å². The summed E-state index contributed by atoms with van der Waals surface area (Å²) in [4.78, 5) is 4.40. The van der Waals surface area contributed by atoms with E-state index in [0.717, 1.165) is 18.5 Å².